The van der Waals surface area contributed by atoms with Crippen molar-refractivity contribution >= 4 is 5.78 Å². The molecular formula is C30H48O2. The van der Waals surface area contributed by atoms with Gasteiger partial charge in [0.1, 0.15) is 5.78 Å². The molecule has 5 aliphatic rings. The first-order chi connectivity index (χ1) is 14.8. The van der Waals surface area contributed by atoms with Gasteiger partial charge in [0.15, 0.2) is 0 Å². The van der Waals surface area contributed by atoms with Crippen molar-refractivity contribution in [3.63, 3.8) is 0 Å². The Morgan fingerprint density at radius 3 is 2.28 bits per heavy atom. The molecule has 0 aromatic heterocycles. The highest BCUT2D eigenvalue weighted by Crippen LogP contribution is 2.75. The number of carbonyl (C=O) groups excluding carboxylic acids is 1. The van der Waals surface area contributed by atoms with Crippen LogP contribution < -0.4 is 0 Å². The largest absolute Gasteiger partial charge is 0.396 e. The van der Waals surface area contributed by atoms with Crippen LogP contribution >= 0.6 is 0 Å². The van der Waals surface area contributed by atoms with Gasteiger partial charge in [0, 0.05) is 18.4 Å². The van der Waals surface area contributed by atoms with E-state index in [1.807, 2.05) is 0 Å². The average molecular weight is 441 g/mol. The second-order valence-corrected chi connectivity index (χ2v) is 14.8. The number of allylic oxidation sites excluding steroid dienone is 2. The van der Waals surface area contributed by atoms with Crippen molar-refractivity contribution < 1.29 is 9.90 Å². The molecule has 0 aliphatic heterocycles. The van der Waals surface area contributed by atoms with Gasteiger partial charge in [-0.1, -0.05) is 60.1 Å². The van der Waals surface area contributed by atoms with Crippen molar-refractivity contribution in [2.24, 2.45) is 50.2 Å². The lowest BCUT2D eigenvalue weighted by molar-refractivity contribution is -0.184. The molecule has 1 N–H and O–H groups in total. The summed E-state index contributed by atoms with van der Waals surface area (Å²) in [6.07, 6.45) is 14.5. The zero-order valence-electron chi connectivity index (χ0n) is 21.9. The van der Waals surface area contributed by atoms with E-state index in [1.54, 1.807) is 5.57 Å². The number of hydrogen-bond acceptors (Lipinski definition) is 2. The third kappa shape index (κ3) is 2.71. The lowest BCUT2D eigenvalue weighted by Gasteiger charge is -2.70. The number of Topliss-reactive ketones (excluding diaryl/α,β-unsaturated/α-hetero) is 1. The Labute approximate surface area is 197 Å². The molecule has 2 nitrogen and oxygen atoms in total. The molecule has 0 heterocycles. The molecule has 5 rings (SSSR count). The maximum Gasteiger partial charge on any atom is 0.138 e. The minimum absolute atomic E-state index is 0.0818. The molecule has 0 unspecified atom stereocenters. The summed E-state index contributed by atoms with van der Waals surface area (Å²) in [5, 5.41) is 10.2. The van der Waals surface area contributed by atoms with Crippen LogP contribution in [0.2, 0.25) is 0 Å². The number of carbonyl (C=O) groups is 1. The number of rotatable bonds is 1. The second kappa shape index (κ2) is 6.73. The van der Waals surface area contributed by atoms with E-state index in [-0.39, 0.29) is 21.7 Å². The van der Waals surface area contributed by atoms with E-state index in [0.29, 0.717) is 41.0 Å². The molecule has 0 radical (unpaired) electrons. The van der Waals surface area contributed by atoms with Crippen LogP contribution in [0.4, 0.5) is 0 Å². The number of aliphatic hydroxyl groups is 1. The SMILES string of the molecule is CC1(C)C(=O)CC[C@]2(C)[C@H]3CC=C4[C@@H]5C[C@@](C)(CO)CC[C@]5(C)CC[C@@]4(C)[C@]3(C)CC[C@@H]12. The fourth-order valence-electron chi connectivity index (χ4n) is 10.4. The Kier molecular flexibility index (Phi) is 4.87. The molecule has 2 heteroatoms. The average Bonchev–Trinajstić information content (AvgIpc) is 2.73. The van der Waals surface area contributed by atoms with Crippen molar-refractivity contribution in [3.8, 4) is 0 Å². The fourth-order valence-corrected chi connectivity index (χ4v) is 10.4. The molecule has 0 saturated heterocycles. The normalized spacial score (nSPS) is 54.6. The Morgan fingerprint density at radius 1 is 0.906 bits per heavy atom. The molecule has 0 aromatic rings. The Balaban J connectivity index is 1.57. The van der Waals surface area contributed by atoms with Gasteiger partial charge in [-0.2, -0.15) is 0 Å². The van der Waals surface area contributed by atoms with Crippen LogP contribution in [0.5, 0.6) is 0 Å². The Hall–Kier alpha value is -0.630. The fraction of sp³-hybridized carbons (Fsp3) is 0.900. The minimum Gasteiger partial charge on any atom is -0.396 e. The quantitative estimate of drug-likeness (QED) is 0.433. The summed E-state index contributed by atoms with van der Waals surface area (Å²) in [4.78, 5) is 12.9. The second-order valence-electron chi connectivity index (χ2n) is 14.8. The van der Waals surface area contributed by atoms with Crippen LogP contribution in [-0.4, -0.2) is 17.5 Å². The molecule has 4 saturated carbocycles. The first-order valence-corrected chi connectivity index (χ1v) is 13.6. The van der Waals surface area contributed by atoms with Gasteiger partial charge in [-0.15, -0.1) is 0 Å². The zero-order chi connectivity index (χ0) is 23.4. The third-order valence-electron chi connectivity index (χ3n) is 13.1. The van der Waals surface area contributed by atoms with Gasteiger partial charge < -0.3 is 5.11 Å². The molecule has 8 atom stereocenters. The van der Waals surface area contributed by atoms with Crippen molar-refractivity contribution in [2.75, 3.05) is 6.61 Å². The topological polar surface area (TPSA) is 37.3 Å². The lowest BCUT2D eigenvalue weighted by Crippen LogP contribution is -2.64. The van der Waals surface area contributed by atoms with E-state index in [4.69, 9.17) is 0 Å². The predicted octanol–water partition coefficient (Wildman–Crippen LogP) is 7.35. The summed E-state index contributed by atoms with van der Waals surface area (Å²) in [7, 11) is 0. The molecule has 32 heavy (non-hydrogen) atoms. The van der Waals surface area contributed by atoms with Gasteiger partial charge in [-0.3, -0.25) is 4.79 Å². The standard InChI is InChI=1S/C30H48O2/c1-25(2)22-10-13-30(7)23(28(22,5)12-11-24(25)32)9-8-20-21-18-26(3,19-31)14-15-27(21,4)16-17-29(20,30)6/h8,21-23,31H,9-19H2,1-7H3/t21-,22-,23+,26-,27+,28-,29+,30+/m0/s1. The highest BCUT2D eigenvalue weighted by Gasteiger charge is 2.67. The van der Waals surface area contributed by atoms with Gasteiger partial charge in [0.25, 0.3) is 0 Å². The summed E-state index contributed by atoms with van der Waals surface area (Å²) in [6, 6.07) is 0. The first kappa shape index (κ1) is 23.1. The van der Waals surface area contributed by atoms with Crippen LogP contribution in [0.25, 0.3) is 0 Å². The Morgan fingerprint density at radius 2 is 1.59 bits per heavy atom. The number of fused-ring (bicyclic) bond motifs is 7. The molecule has 4 fully saturated rings. The highest BCUT2D eigenvalue weighted by atomic mass is 16.3. The molecule has 5 aliphatic carbocycles. The van der Waals surface area contributed by atoms with Gasteiger partial charge >= 0.3 is 0 Å². The molecule has 0 aromatic carbocycles. The monoisotopic (exact) mass is 440 g/mol. The van der Waals surface area contributed by atoms with E-state index in [1.165, 1.54) is 44.9 Å². The summed E-state index contributed by atoms with van der Waals surface area (Å²) in [6.45, 7) is 17.5. The van der Waals surface area contributed by atoms with E-state index in [2.05, 4.69) is 54.5 Å². The van der Waals surface area contributed by atoms with Crippen LogP contribution in [0, 0.1) is 50.2 Å². The Bertz CT molecular complexity index is 855. The molecule has 0 bridgehead atoms. The van der Waals surface area contributed by atoms with E-state index < -0.39 is 0 Å². The van der Waals surface area contributed by atoms with Gasteiger partial charge in [0.05, 0.1) is 0 Å². The van der Waals surface area contributed by atoms with Gasteiger partial charge in [-0.05, 0) is 103 Å². The number of hydrogen-bond donors (Lipinski definition) is 1. The van der Waals surface area contributed by atoms with Crippen LogP contribution in [0.3, 0.4) is 0 Å². The van der Waals surface area contributed by atoms with Crippen LogP contribution in [0.1, 0.15) is 113 Å². The first-order valence-electron chi connectivity index (χ1n) is 13.6. The van der Waals surface area contributed by atoms with Crippen molar-refractivity contribution in [3.05, 3.63) is 11.6 Å². The maximum absolute atomic E-state index is 12.9. The smallest absolute Gasteiger partial charge is 0.138 e. The zero-order valence-corrected chi connectivity index (χ0v) is 21.9. The summed E-state index contributed by atoms with van der Waals surface area (Å²) < 4.78 is 0. The molecule has 0 spiro atoms. The van der Waals surface area contributed by atoms with E-state index >= 15 is 0 Å². The van der Waals surface area contributed by atoms with Crippen molar-refractivity contribution in [1.82, 2.24) is 0 Å². The van der Waals surface area contributed by atoms with Crippen LogP contribution in [0.15, 0.2) is 11.6 Å². The van der Waals surface area contributed by atoms with Crippen molar-refractivity contribution in [1.29, 1.82) is 0 Å². The van der Waals surface area contributed by atoms with Gasteiger partial charge in [-0.25, -0.2) is 0 Å². The summed E-state index contributed by atoms with van der Waals surface area (Å²) >= 11 is 0. The van der Waals surface area contributed by atoms with E-state index in [9.17, 15) is 9.90 Å². The highest BCUT2D eigenvalue weighted by molar-refractivity contribution is 5.85. The number of ketones is 1. The maximum atomic E-state index is 12.9. The molecular weight excluding hydrogens is 392 g/mol. The predicted molar refractivity (Wildman–Crippen MR) is 131 cm³/mol. The van der Waals surface area contributed by atoms with Gasteiger partial charge in [0.2, 0.25) is 0 Å². The summed E-state index contributed by atoms with van der Waals surface area (Å²) in [5.41, 5.74) is 2.92. The van der Waals surface area contributed by atoms with Crippen LogP contribution in [-0.2, 0) is 4.79 Å². The van der Waals surface area contributed by atoms with Crippen molar-refractivity contribution in [2.45, 2.75) is 113 Å². The number of aliphatic hydroxyl groups excluding tert-OH is 1. The molecule has 180 valence electrons. The summed E-state index contributed by atoms with van der Waals surface area (Å²) in [5.74, 6) is 2.32. The van der Waals surface area contributed by atoms with E-state index in [0.717, 1.165) is 19.3 Å². The lowest BCUT2D eigenvalue weighted by atomic mass is 9.34. The minimum atomic E-state index is -0.170. The molecule has 0 amide bonds. The third-order valence-corrected chi connectivity index (χ3v) is 13.1.